The molecule has 8 heteroatoms. The van der Waals surface area contributed by atoms with Crippen molar-refractivity contribution in [2.45, 2.75) is 11.1 Å². The number of primary sulfonamides is 1. The summed E-state index contributed by atoms with van der Waals surface area (Å²) >= 11 is 0. The number of anilines is 1. The highest BCUT2D eigenvalue weighted by molar-refractivity contribution is 7.89. The maximum atomic E-state index is 11.0. The lowest BCUT2D eigenvalue weighted by Gasteiger charge is -2.14. The van der Waals surface area contributed by atoms with Crippen LogP contribution >= 0.6 is 0 Å². The second-order valence-electron chi connectivity index (χ2n) is 3.59. The number of aliphatic hydroxyl groups is 1. The molecule has 18 heavy (non-hydrogen) atoms. The maximum absolute atomic E-state index is 11.0. The summed E-state index contributed by atoms with van der Waals surface area (Å²) < 4.78 is 27.1. The first-order valence-electron chi connectivity index (χ1n) is 5.29. The number of rotatable bonds is 7. The third-order valence-corrected chi connectivity index (χ3v) is 2.98. The van der Waals surface area contributed by atoms with Gasteiger partial charge in [0.25, 0.3) is 0 Å². The predicted molar refractivity (Wildman–Crippen MR) is 67.3 cm³/mol. The van der Waals surface area contributed by atoms with E-state index in [1.807, 2.05) is 0 Å². The minimum Gasteiger partial charge on any atom is -0.375 e. The highest BCUT2D eigenvalue weighted by atomic mass is 32.2. The van der Waals surface area contributed by atoms with Crippen LogP contribution in [0.2, 0.25) is 0 Å². The summed E-state index contributed by atoms with van der Waals surface area (Å²) in [6.07, 6.45) is -0.892. The smallest absolute Gasteiger partial charge is 0.238 e. The highest BCUT2D eigenvalue weighted by Crippen LogP contribution is 2.13. The Balaban J connectivity index is 2.53. The van der Waals surface area contributed by atoms with Gasteiger partial charge in [-0.05, 0) is 24.3 Å². The van der Waals surface area contributed by atoms with Gasteiger partial charge >= 0.3 is 0 Å². The van der Waals surface area contributed by atoms with Crippen molar-refractivity contribution in [1.29, 1.82) is 0 Å². The fourth-order valence-corrected chi connectivity index (χ4v) is 1.77. The summed E-state index contributed by atoms with van der Waals surface area (Å²) in [6.45, 7) is 0.840. The SMILES string of the molecule is NCCOCC(O)Nc1ccc(S(N)(=O)=O)cc1. The maximum Gasteiger partial charge on any atom is 0.238 e. The minimum absolute atomic E-state index is 0.0157. The monoisotopic (exact) mass is 275 g/mol. The number of hydrogen-bond acceptors (Lipinski definition) is 6. The molecule has 6 N–H and O–H groups in total. The summed E-state index contributed by atoms with van der Waals surface area (Å²) in [7, 11) is -3.69. The lowest BCUT2D eigenvalue weighted by atomic mass is 10.3. The van der Waals surface area contributed by atoms with Gasteiger partial charge in [0.2, 0.25) is 10.0 Å². The van der Waals surface area contributed by atoms with Crippen LogP contribution < -0.4 is 16.2 Å². The van der Waals surface area contributed by atoms with Crippen LogP contribution in [0.15, 0.2) is 29.2 Å². The summed E-state index contributed by atoms with van der Waals surface area (Å²) in [5, 5.41) is 17.2. The molecule has 1 rings (SSSR count). The Morgan fingerprint density at radius 1 is 1.33 bits per heavy atom. The largest absolute Gasteiger partial charge is 0.375 e. The Kier molecular flexibility index (Phi) is 5.51. The first kappa shape index (κ1) is 14.9. The molecule has 0 aliphatic heterocycles. The molecule has 0 saturated heterocycles. The summed E-state index contributed by atoms with van der Waals surface area (Å²) in [5.74, 6) is 0. The van der Waals surface area contributed by atoms with Gasteiger partial charge in [-0.15, -0.1) is 0 Å². The van der Waals surface area contributed by atoms with Crippen molar-refractivity contribution in [1.82, 2.24) is 0 Å². The molecule has 0 radical (unpaired) electrons. The molecule has 7 nitrogen and oxygen atoms in total. The van der Waals surface area contributed by atoms with Crippen LogP contribution in [0.4, 0.5) is 5.69 Å². The van der Waals surface area contributed by atoms with Gasteiger partial charge < -0.3 is 20.9 Å². The second kappa shape index (κ2) is 6.66. The van der Waals surface area contributed by atoms with E-state index in [2.05, 4.69) is 5.32 Å². The Morgan fingerprint density at radius 3 is 2.44 bits per heavy atom. The van der Waals surface area contributed by atoms with E-state index in [0.29, 0.717) is 18.8 Å². The van der Waals surface area contributed by atoms with Crippen LogP contribution in [0, 0.1) is 0 Å². The fraction of sp³-hybridized carbons (Fsp3) is 0.400. The molecule has 102 valence electrons. The van der Waals surface area contributed by atoms with E-state index in [1.54, 1.807) is 0 Å². The number of nitrogens with one attached hydrogen (secondary N) is 1. The van der Waals surface area contributed by atoms with Crippen LogP contribution in [-0.4, -0.2) is 39.5 Å². The Morgan fingerprint density at radius 2 is 1.94 bits per heavy atom. The zero-order chi connectivity index (χ0) is 13.6. The number of ether oxygens (including phenoxy) is 1. The molecule has 0 fully saturated rings. The molecule has 0 amide bonds. The number of nitrogens with two attached hydrogens (primary N) is 2. The van der Waals surface area contributed by atoms with Gasteiger partial charge in [-0.3, -0.25) is 0 Å². The molecular weight excluding hydrogens is 258 g/mol. The molecule has 0 spiro atoms. The average Bonchev–Trinajstić information content (AvgIpc) is 2.29. The van der Waals surface area contributed by atoms with E-state index in [9.17, 15) is 13.5 Å². The van der Waals surface area contributed by atoms with Crippen LogP contribution in [0.5, 0.6) is 0 Å². The summed E-state index contributed by atoms with van der Waals surface area (Å²) in [6, 6.07) is 5.72. The molecule has 0 aliphatic rings. The van der Waals surface area contributed by atoms with Gasteiger partial charge in [-0.1, -0.05) is 0 Å². The van der Waals surface area contributed by atoms with Crippen molar-refractivity contribution < 1.29 is 18.3 Å². The minimum atomic E-state index is -3.69. The molecule has 0 saturated carbocycles. The van der Waals surface area contributed by atoms with E-state index < -0.39 is 16.3 Å². The van der Waals surface area contributed by atoms with Crippen molar-refractivity contribution in [3.8, 4) is 0 Å². The third kappa shape index (κ3) is 4.98. The Bertz CT molecular complexity index is 461. The molecule has 0 heterocycles. The molecule has 1 unspecified atom stereocenters. The van der Waals surface area contributed by atoms with E-state index in [4.69, 9.17) is 15.6 Å². The van der Waals surface area contributed by atoms with Crippen LogP contribution in [0.1, 0.15) is 0 Å². The van der Waals surface area contributed by atoms with Gasteiger partial charge in [-0.2, -0.15) is 0 Å². The zero-order valence-electron chi connectivity index (χ0n) is 9.74. The molecule has 1 aromatic rings. The first-order chi connectivity index (χ1) is 8.43. The molecule has 1 aromatic carbocycles. The predicted octanol–water partition coefficient (Wildman–Crippen LogP) is -0.960. The number of hydrogen-bond donors (Lipinski definition) is 4. The van der Waals surface area contributed by atoms with Gasteiger partial charge in [0.05, 0.1) is 18.1 Å². The number of sulfonamides is 1. The highest BCUT2D eigenvalue weighted by Gasteiger charge is 2.08. The van der Waals surface area contributed by atoms with Crippen LogP contribution in [0.25, 0.3) is 0 Å². The van der Waals surface area contributed by atoms with Crippen LogP contribution in [0.3, 0.4) is 0 Å². The second-order valence-corrected chi connectivity index (χ2v) is 5.15. The number of aliphatic hydroxyl groups excluding tert-OH is 1. The average molecular weight is 275 g/mol. The lowest BCUT2D eigenvalue weighted by Crippen LogP contribution is -2.26. The van der Waals surface area contributed by atoms with Gasteiger partial charge in [0.15, 0.2) is 0 Å². The molecular formula is C10H17N3O4S. The summed E-state index contributed by atoms with van der Waals surface area (Å²) in [5.41, 5.74) is 5.79. The lowest BCUT2D eigenvalue weighted by molar-refractivity contribution is 0.0545. The van der Waals surface area contributed by atoms with Gasteiger partial charge in [0.1, 0.15) is 6.23 Å². The number of benzene rings is 1. The first-order valence-corrected chi connectivity index (χ1v) is 6.83. The van der Waals surface area contributed by atoms with E-state index in [1.165, 1.54) is 24.3 Å². The van der Waals surface area contributed by atoms with Crippen molar-refractivity contribution in [2.75, 3.05) is 25.1 Å². The molecule has 0 aliphatic carbocycles. The van der Waals surface area contributed by atoms with Gasteiger partial charge in [-0.25, -0.2) is 13.6 Å². The van der Waals surface area contributed by atoms with E-state index >= 15 is 0 Å². The fourth-order valence-electron chi connectivity index (χ4n) is 1.25. The molecule has 0 bridgehead atoms. The van der Waals surface area contributed by atoms with Crippen molar-refractivity contribution in [2.24, 2.45) is 10.9 Å². The van der Waals surface area contributed by atoms with Crippen molar-refractivity contribution in [3.63, 3.8) is 0 Å². The quantitative estimate of drug-likeness (QED) is 0.375. The Labute approximate surface area is 106 Å². The van der Waals surface area contributed by atoms with E-state index in [0.717, 1.165) is 0 Å². The van der Waals surface area contributed by atoms with Crippen molar-refractivity contribution in [3.05, 3.63) is 24.3 Å². The van der Waals surface area contributed by atoms with E-state index in [-0.39, 0.29) is 11.5 Å². The van der Waals surface area contributed by atoms with Crippen LogP contribution in [-0.2, 0) is 14.8 Å². The normalized spacial score (nSPS) is 13.3. The standard InChI is InChI=1S/C10H17N3O4S/c11-5-6-17-7-10(14)13-8-1-3-9(4-2-8)18(12,15)16/h1-4,10,13-14H,5-7,11H2,(H2,12,15,16). The third-order valence-electron chi connectivity index (χ3n) is 2.05. The zero-order valence-corrected chi connectivity index (χ0v) is 10.6. The topological polar surface area (TPSA) is 128 Å². The molecule has 1 atom stereocenters. The molecule has 0 aromatic heterocycles. The summed E-state index contributed by atoms with van der Waals surface area (Å²) in [4.78, 5) is 0.0157. The Hall–Kier alpha value is -1.19. The van der Waals surface area contributed by atoms with Gasteiger partial charge in [0, 0.05) is 12.2 Å². The van der Waals surface area contributed by atoms with Crippen molar-refractivity contribution >= 4 is 15.7 Å².